The zero-order valence-corrected chi connectivity index (χ0v) is 20.2. The summed E-state index contributed by atoms with van der Waals surface area (Å²) < 4.78 is 5.95. The van der Waals surface area contributed by atoms with E-state index in [0.29, 0.717) is 23.5 Å². The Balaban J connectivity index is 1.44. The number of amides is 2. The van der Waals surface area contributed by atoms with Crippen LogP contribution in [-0.2, 0) is 9.59 Å². The first-order chi connectivity index (χ1) is 17.0. The smallest absolute Gasteiger partial charge is 0.268 e. The molecule has 0 bridgehead atoms. The molecule has 2 aromatic heterocycles. The van der Waals surface area contributed by atoms with Gasteiger partial charge in [0.2, 0.25) is 5.91 Å². The van der Waals surface area contributed by atoms with Crippen molar-refractivity contribution in [3.05, 3.63) is 77.8 Å². The quantitative estimate of drug-likeness (QED) is 0.400. The molecule has 1 aliphatic heterocycles. The topological polar surface area (TPSA) is 84.4 Å². The minimum Gasteiger partial charge on any atom is -0.478 e. The van der Waals surface area contributed by atoms with Gasteiger partial charge in [-0.05, 0) is 61.4 Å². The summed E-state index contributed by atoms with van der Waals surface area (Å²) in [5.74, 6) is 0.0656. The van der Waals surface area contributed by atoms with Crippen molar-refractivity contribution in [1.82, 2.24) is 9.97 Å². The number of nitrogens with zero attached hydrogens (tertiary/aromatic N) is 3. The molecule has 2 aromatic carbocycles. The van der Waals surface area contributed by atoms with E-state index in [1.807, 2.05) is 79.9 Å². The van der Waals surface area contributed by atoms with Crippen LogP contribution in [0.25, 0.3) is 22.0 Å². The zero-order valence-electron chi connectivity index (χ0n) is 19.4. The molecule has 5 rings (SSSR count). The fraction of sp³-hybridized carbons (Fsp3) is 0.185. The number of carbonyl (C=O) groups is 2. The van der Waals surface area contributed by atoms with Crippen molar-refractivity contribution in [2.45, 2.75) is 26.4 Å². The molecular formula is C27H24N4O3S. The number of benzene rings is 2. The Hall–Kier alpha value is -4.04. The van der Waals surface area contributed by atoms with E-state index in [4.69, 9.17) is 9.72 Å². The summed E-state index contributed by atoms with van der Waals surface area (Å²) in [5.41, 5.74) is 4.70. The molecule has 3 heterocycles. The predicted molar refractivity (Wildman–Crippen MR) is 138 cm³/mol. The largest absolute Gasteiger partial charge is 0.478 e. The number of thiazole rings is 1. The monoisotopic (exact) mass is 484 g/mol. The maximum absolute atomic E-state index is 13.2. The van der Waals surface area contributed by atoms with Crippen LogP contribution in [0, 0.1) is 6.92 Å². The molecule has 0 saturated carbocycles. The van der Waals surface area contributed by atoms with E-state index in [-0.39, 0.29) is 18.4 Å². The minimum atomic E-state index is -0.629. The number of hydrogen-bond donors (Lipinski definition) is 1. The Bertz CT molecular complexity index is 1390. The minimum absolute atomic E-state index is 0.112. The summed E-state index contributed by atoms with van der Waals surface area (Å²) in [6.07, 6.45) is 1.62. The van der Waals surface area contributed by atoms with Crippen molar-refractivity contribution in [3.8, 4) is 27.7 Å². The predicted octanol–water partition coefficient (Wildman–Crippen LogP) is 5.32. The Morgan fingerprint density at radius 3 is 2.77 bits per heavy atom. The summed E-state index contributed by atoms with van der Waals surface area (Å²) in [6.45, 7) is 3.74. The number of ether oxygens (including phenoxy) is 1. The molecule has 0 radical (unpaired) electrons. The highest BCUT2D eigenvalue weighted by Gasteiger charge is 2.34. The normalized spacial score (nSPS) is 14.9. The number of fused-ring (bicyclic) bond motifs is 1. The Morgan fingerprint density at radius 2 is 2.00 bits per heavy atom. The van der Waals surface area contributed by atoms with Crippen molar-refractivity contribution < 1.29 is 14.3 Å². The average Bonchev–Trinajstić information content (AvgIpc) is 3.36. The molecule has 1 unspecified atom stereocenters. The number of anilines is 2. The second kappa shape index (κ2) is 9.68. The summed E-state index contributed by atoms with van der Waals surface area (Å²) in [6, 6.07) is 18.9. The van der Waals surface area contributed by atoms with Crippen LogP contribution in [0.3, 0.4) is 0 Å². The fourth-order valence-electron chi connectivity index (χ4n) is 3.98. The number of aryl methyl sites for hydroxylation is 1. The van der Waals surface area contributed by atoms with Crippen LogP contribution in [0.15, 0.2) is 72.2 Å². The van der Waals surface area contributed by atoms with E-state index in [9.17, 15) is 9.59 Å². The van der Waals surface area contributed by atoms with Gasteiger partial charge in [0.15, 0.2) is 6.10 Å². The van der Waals surface area contributed by atoms with Gasteiger partial charge in [-0.1, -0.05) is 25.1 Å². The van der Waals surface area contributed by atoms with Crippen LogP contribution in [0.4, 0.5) is 11.4 Å². The summed E-state index contributed by atoms with van der Waals surface area (Å²) in [7, 11) is 0. The van der Waals surface area contributed by atoms with E-state index in [2.05, 4.69) is 10.3 Å². The lowest BCUT2D eigenvalue weighted by atomic mass is 10.1. The first kappa shape index (κ1) is 22.7. The van der Waals surface area contributed by atoms with Crippen molar-refractivity contribution in [2.24, 2.45) is 0 Å². The van der Waals surface area contributed by atoms with Gasteiger partial charge >= 0.3 is 0 Å². The first-order valence-electron chi connectivity index (χ1n) is 11.4. The molecule has 1 aliphatic rings. The molecule has 2 amide bonds. The number of carbonyl (C=O) groups excluding carboxylic acids is 2. The molecule has 0 spiro atoms. The molecule has 1 N–H and O–H groups in total. The lowest BCUT2D eigenvalue weighted by Crippen LogP contribution is -2.48. The SMILES string of the molecule is CCC1Oc2ccc(-c3csc(-c4ccccn4)n3)cc2N(CC(=O)Nc2cccc(C)c2)C1=O. The molecule has 35 heavy (non-hydrogen) atoms. The van der Waals surface area contributed by atoms with Crippen molar-refractivity contribution in [2.75, 3.05) is 16.8 Å². The molecule has 7 nitrogen and oxygen atoms in total. The summed E-state index contributed by atoms with van der Waals surface area (Å²) in [5, 5.41) is 5.66. The third-order valence-electron chi connectivity index (χ3n) is 5.72. The van der Waals surface area contributed by atoms with Gasteiger partial charge in [0.25, 0.3) is 5.91 Å². The van der Waals surface area contributed by atoms with Crippen molar-refractivity contribution >= 4 is 34.5 Å². The van der Waals surface area contributed by atoms with Gasteiger partial charge in [0.1, 0.15) is 17.3 Å². The number of aromatic nitrogens is 2. The highest BCUT2D eigenvalue weighted by molar-refractivity contribution is 7.13. The van der Waals surface area contributed by atoms with Gasteiger partial charge in [-0.25, -0.2) is 4.98 Å². The number of rotatable bonds is 6. The van der Waals surface area contributed by atoms with E-state index in [1.54, 1.807) is 6.20 Å². The van der Waals surface area contributed by atoms with Crippen LogP contribution in [0.5, 0.6) is 5.75 Å². The number of nitrogens with one attached hydrogen (secondary N) is 1. The Kier molecular flexibility index (Phi) is 6.29. The number of hydrogen-bond acceptors (Lipinski definition) is 6. The van der Waals surface area contributed by atoms with Gasteiger partial charge < -0.3 is 10.1 Å². The van der Waals surface area contributed by atoms with Crippen LogP contribution in [0.1, 0.15) is 18.9 Å². The molecule has 0 aliphatic carbocycles. The average molecular weight is 485 g/mol. The van der Waals surface area contributed by atoms with E-state index < -0.39 is 6.10 Å². The van der Waals surface area contributed by atoms with Gasteiger partial charge in [-0.3, -0.25) is 19.5 Å². The van der Waals surface area contributed by atoms with E-state index in [1.165, 1.54) is 16.2 Å². The lowest BCUT2D eigenvalue weighted by Gasteiger charge is -2.34. The highest BCUT2D eigenvalue weighted by Crippen LogP contribution is 2.39. The molecule has 176 valence electrons. The highest BCUT2D eigenvalue weighted by atomic mass is 32.1. The number of pyridine rings is 1. The molecule has 8 heteroatoms. The lowest BCUT2D eigenvalue weighted by molar-refractivity contribution is -0.128. The van der Waals surface area contributed by atoms with Crippen LogP contribution in [-0.4, -0.2) is 34.4 Å². The molecule has 4 aromatic rings. The van der Waals surface area contributed by atoms with Crippen molar-refractivity contribution in [1.29, 1.82) is 0 Å². The Labute approximate surface area is 207 Å². The maximum Gasteiger partial charge on any atom is 0.268 e. The summed E-state index contributed by atoms with van der Waals surface area (Å²) >= 11 is 1.50. The third-order valence-corrected chi connectivity index (χ3v) is 6.58. The van der Waals surface area contributed by atoms with E-state index >= 15 is 0 Å². The molecule has 0 fully saturated rings. The zero-order chi connectivity index (χ0) is 24.4. The summed E-state index contributed by atoms with van der Waals surface area (Å²) in [4.78, 5) is 36.7. The van der Waals surface area contributed by atoms with Crippen LogP contribution in [0.2, 0.25) is 0 Å². The second-order valence-corrected chi connectivity index (χ2v) is 9.15. The molecular weight excluding hydrogens is 460 g/mol. The first-order valence-corrected chi connectivity index (χ1v) is 12.3. The van der Waals surface area contributed by atoms with Gasteiger partial charge in [0.05, 0.1) is 17.1 Å². The van der Waals surface area contributed by atoms with Gasteiger partial charge in [0, 0.05) is 22.8 Å². The van der Waals surface area contributed by atoms with Crippen molar-refractivity contribution in [3.63, 3.8) is 0 Å². The molecule has 0 saturated heterocycles. The molecule has 1 atom stereocenters. The van der Waals surface area contributed by atoms with Crippen LogP contribution < -0.4 is 15.0 Å². The maximum atomic E-state index is 13.2. The van der Waals surface area contributed by atoms with Gasteiger partial charge in [-0.15, -0.1) is 11.3 Å². The standard InChI is InChI=1S/C27H24N4O3S/c1-3-23-27(33)31(15-25(32)29-19-8-6-7-17(2)13-19)22-14-18(10-11-24(22)34-23)21-16-35-26(30-21)20-9-4-5-12-28-20/h4-14,16,23H,3,15H2,1-2H3,(H,29,32). The fourth-order valence-corrected chi connectivity index (χ4v) is 4.79. The Morgan fingerprint density at radius 1 is 1.11 bits per heavy atom. The third kappa shape index (κ3) is 4.79. The van der Waals surface area contributed by atoms with Crippen LogP contribution >= 0.6 is 11.3 Å². The van der Waals surface area contributed by atoms with E-state index in [0.717, 1.165) is 27.5 Å². The second-order valence-electron chi connectivity index (χ2n) is 8.29. The van der Waals surface area contributed by atoms with Gasteiger partial charge in [-0.2, -0.15) is 0 Å².